The third-order valence-corrected chi connectivity index (χ3v) is 11.2. The summed E-state index contributed by atoms with van der Waals surface area (Å²) in [6, 6.07) is 1.12. The van der Waals surface area contributed by atoms with Gasteiger partial charge in [-0.3, -0.25) is 28.8 Å². The molecule has 4 aliphatic rings. The molecular weight excluding hydrogens is 621 g/mol. The standard InChI is InChI=1S/C31H38FN5O8S/c1-5-18-13-31(18,29(41)35-46(44,45)19-10-11-19)34-27(39)23-12-17(14-36(23)28(40)25(16(3)4)33-24(38)6-2)26-20-8-7-9-22(32)21(20)15-37(26)30(42)43/h5-9,16-19,23,25-26H,1-2,10-15H2,3-4H3,(H,33,38)(H,34,39)(H,35,41)(H,42,43)/t17-,18-,23+,25-,26?,31-/m1/s1. The molecule has 0 spiro atoms. The minimum Gasteiger partial charge on any atom is -0.465 e. The Morgan fingerprint density at radius 2 is 1.83 bits per heavy atom. The van der Waals surface area contributed by atoms with E-state index in [0.717, 1.165) is 11.0 Å². The van der Waals surface area contributed by atoms with Crippen LogP contribution >= 0.6 is 0 Å². The average Bonchev–Trinajstić information content (AvgIpc) is 3.89. The maximum Gasteiger partial charge on any atom is 0.408 e. The topological polar surface area (TPSA) is 182 Å². The molecule has 5 rings (SSSR count). The highest BCUT2D eigenvalue weighted by Crippen LogP contribution is 2.47. The summed E-state index contributed by atoms with van der Waals surface area (Å²) < 4.78 is 42.0. The summed E-state index contributed by atoms with van der Waals surface area (Å²) in [5.41, 5.74) is -0.979. The van der Waals surface area contributed by atoms with Gasteiger partial charge < -0.3 is 20.6 Å². The van der Waals surface area contributed by atoms with Crippen molar-refractivity contribution in [3.63, 3.8) is 0 Å². The molecule has 2 aliphatic heterocycles. The number of rotatable bonds is 11. The van der Waals surface area contributed by atoms with Gasteiger partial charge in [-0.05, 0) is 49.3 Å². The van der Waals surface area contributed by atoms with Gasteiger partial charge in [-0.15, -0.1) is 6.58 Å². The number of carbonyl (C=O) groups excluding carboxylic acids is 4. The highest BCUT2D eigenvalue weighted by molar-refractivity contribution is 7.91. The van der Waals surface area contributed by atoms with Crippen molar-refractivity contribution < 1.29 is 41.9 Å². The maximum absolute atomic E-state index is 14.8. The van der Waals surface area contributed by atoms with E-state index in [2.05, 4.69) is 28.5 Å². The minimum absolute atomic E-state index is 0.0565. The molecule has 15 heteroatoms. The monoisotopic (exact) mass is 659 g/mol. The van der Waals surface area contributed by atoms with Crippen LogP contribution in [0.2, 0.25) is 0 Å². The summed E-state index contributed by atoms with van der Waals surface area (Å²) >= 11 is 0. The van der Waals surface area contributed by atoms with Crippen LogP contribution in [0, 0.1) is 23.6 Å². The Morgan fingerprint density at radius 3 is 2.39 bits per heavy atom. The minimum atomic E-state index is -3.93. The zero-order chi connectivity index (χ0) is 33.7. The number of nitrogens with zero attached hydrogens (tertiary/aromatic N) is 2. The Labute approximate surface area is 266 Å². The number of benzene rings is 1. The second-order valence-corrected chi connectivity index (χ2v) is 14.7. The first kappa shape index (κ1) is 33.1. The zero-order valence-electron chi connectivity index (χ0n) is 25.6. The van der Waals surface area contributed by atoms with Crippen LogP contribution in [0.15, 0.2) is 43.5 Å². The molecule has 248 valence electrons. The number of sulfonamides is 1. The Morgan fingerprint density at radius 1 is 1.13 bits per heavy atom. The van der Waals surface area contributed by atoms with E-state index in [9.17, 15) is 41.9 Å². The summed E-state index contributed by atoms with van der Waals surface area (Å²) in [7, 11) is -3.93. The van der Waals surface area contributed by atoms with E-state index >= 15 is 0 Å². The molecule has 2 aliphatic carbocycles. The maximum atomic E-state index is 14.8. The van der Waals surface area contributed by atoms with Gasteiger partial charge in [0.25, 0.3) is 5.91 Å². The molecule has 13 nitrogen and oxygen atoms in total. The number of nitrogens with one attached hydrogen (secondary N) is 3. The second kappa shape index (κ2) is 12.2. The molecule has 46 heavy (non-hydrogen) atoms. The fourth-order valence-corrected chi connectivity index (χ4v) is 8.03. The summed E-state index contributed by atoms with van der Waals surface area (Å²) in [6.45, 7) is 10.2. The van der Waals surface area contributed by atoms with Gasteiger partial charge in [-0.1, -0.05) is 38.6 Å². The van der Waals surface area contributed by atoms with Crippen molar-refractivity contribution in [1.29, 1.82) is 0 Å². The smallest absolute Gasteiger partial charge is 0.408 e. The Balaban J connectivity index is 1.48. The predicted molar refractivity (Wildman–Crippen MR) is 163 cm³/mol. The lowest BCUT2D eigenvalue weighted by Crippen LogP contribution is -2.59. The molecule has 1 aromatic rings. The molecule has 5 amide bonds. The van der Waals surface area contributed by atoms with Crippen molar-refractivity contribution in [3.8, 4) is 0 Å². The Hall–Kier alpha value is -4.27. The number of halogens is 1. The highest BCUT2D eigenvalue weighted by atomic mass is 32.2. The first-order chi connectivity index (χ1) is 21.6. The number of carbonyl (C=O) groups is 5. The van der Waals surface area contributed by atoms with Gasteiger partial charge in [0, 0.05) is 23.9 Å². The van der Waals surface area contributed by atoms with Gasteiger partial charge >= 0.3 is 6.09 Å². The van der Waals surface area contributed by atoms with Crippen LogP contribution < -0.4 is 15.4 Å². The quantitative estimate of drug-likeness (QED) is 0.204. The van der Waals surface area contributed by atoms with Crippen LogP contribution in [0.5, 0.6) is 0 Å². The number of likely N-dealkylation sites (tertiary alicyclic amines) is 1. The van der Waals surface area contributed by atoms with Crippen LogP contribution in [-0.2, 0) is 35.7 Å². The van der Waals surface area contributed by atoms with E-state index in [0.29, 0.717) is 18.4 Å². The normalized spacial score (nSPS) is 27.4. The second-order valence-electron chi connectivity index (χ2n) is 12.8. The predicted octanol–water partition coefficient (Wildman–Crippen LogP) is 1.57. The molecule has 2 saturated carbocycles. The van der Waals surface area contributed by atoms with Gasteiger partial charge in [-0.2, -0.15) is 0 Å². The number of amides is 5. The van der Waals surface area contributed by atoms with Gasteiger partial charge in [0.05, 0.1) is 17.8 Å². The number of hydrogen-bond acceptors (Lipinski definition) is 7. The first-order valence-electron chi connectivity index (χ1n) is 15.2. The summed E-state index contributed by atoms with van der Waals surface area (Å²) in [4.78, 5) is 68.4. The molecule has 2 heterocycles. The summed E-state index contributed by atoms with van der Waals surface area (Å²) in [6.07, 6.45) is 2.03. The lowest BCUT2D eigenvalue weighted by atomic mass is 9.90. The fourth-order valence-electron chi connectivity index (χ4n) is 6.66. The van der Waals surface area contributed by atoms with Crippen LogP contribution in [-0.4, -0.2) is 82.5 Å². The molecule has 3 fully saturated rings. The number of fused-ring (bicyclic) bond motifs is 1. The third kappa shape index (κ3) is 5.99. The summed E-state index contributed by atoms with van der Waals surface area (Å²) in [5, 5.41) is 14.7. The van der Waals surface area contributed by atoms with Crippen molar-refractivity contribution in [2.75, 3.05) is 6.54 Å². The van der Waals surface area contributed by atoms with Gasteiger partial charge in [0.1, 0.15) is 23.4 Å². The van der Waals surface area contributed by atoms with E-state index in [1.807, 2.05) is 0 Å². The molecule has 1 saturated heterocycles. The lowest BCUT2D eigenvalue weighted by molar-refractivity contribution is -0.142. The number of hydrogen-bond donors (Lipinski definition) is 4. The van der Waals surface area contributed by atoms with Crippen molar-refractivity contribution in [1.82, 2.24) is 25.2 Å². The van der Waals surface area contributed by atoms with Crippen molar-refractivity contribution in [2.24, 2.45) is 17.8 Å². The molecule has 0 bridgehead atoms. The average molecular weight is 660 g/mol. The molecule has 6 atom stereocenters. The first-order valence-corrected chi connectivity index (χ1v) is 16.7. The molecule has 4 N–H and O–H groups in total. The van der Waals surface area contributed by atoms with Crippen molar-refractivity contribution >= 4 is 39.7 Å². The largest absolute Gasteiger partial charge is 0.465 e. The van der Waals surface area contributed by atoms with Gasteiger partial charge in [0.15, 0.2) is 0 Å². The molecule has 1 unspecified atom stereocenters. The van der Waals surface area contributed by atoms with Crippen molar-refractivity contribution in [2.45, 2.75) is 75.0 Å². The van der Waals surface area contributed by atoms with E-state index < -0.39 is 92.2 Å². The molecule has 0 aromatic heterocycles. The Kier molecular flexibility index (Phi) is 8.75. The van der Waals surface area contributed by atoms with E-state index in [1.165, 1.54) is 23.1 Å². The molecule has 1 aromatic carbocycles. The van der Waals surface area contributed by atoms with Crippen LogP contribution in [0.3, 0.4) is 0 Å². The van der Waals surface area contributed by atoms with Crippen LogP contribution in [0.1, 0.15) is 56.7 Å². The SMILES string of the molecule is C=CC(=O)N[C@@H](C(=O)N1C[C@H](C2c3cccc(F)c3CN2C(=O)O)C[C@H]1C(=O)N[C@]1(C(=O)NS(=O)(=O)C2CC2)C[C@H]1C=C)C(C)C. The molecular formula is C31H38FN5O8S. The fraction of sp³-hybridized carbons (Fsp3) is 0.516. The highest BCUT2D eigenvalue weighted by Gasteiger charge is 2.62. The molecule has 0 radical (unpaired) electrons. The third-order valence-electron chi connectivity index (χ3n) is 9.41. The van der Waals surface area contributed by atoms with Crippen LogP contribution in [0.25, 0.3) is 0 Å². The Bertz CT molecular complexity index is 1610. The van der Waals surface area contributed by atoms with E-state index in [4.69, 9.17) is 0 Å². The van der Waals surface area contributed by atoms with Crippen molar-refractivity contribution in [3.05, 3.63) is 60.5 Å². The zero-order valence-corrected chi connectivity index (χ0v) is 26.4. The van der Waals surface area contributed by atoms with E-state index in [-0.39, 0.29) is 31.5 Å². The van der Waals surface area contributed by atoms with Gasteiger partial charge in [0.2, 0.25) is 27.7 Å². The lowest BCUT2D eigenvalue weighted by Gasteiger charge is -2.31. The summed E-state index contributed by atoms with van der Waals surface area (Å²) in [5.74, 6) is -5.12. The van der Waals surface area contributed by atoms with Crippen LogP contribution in [0.4, 0.5) is 9.18 Å². The number of carboxylic acid groups (broad SMARTS) is 1. The van der Waals surface area contributed by atoms with Gasteiger partial charge in [-0.25, -0.2) is 17.6 Å². The van der Waals surface area contributed by atoms with E-state index in [1.54, 1.807) is 19.9 Å².